The number of carbonyl (C=O) groups excluding carboxylic acids is 2. The molecular formula is C28H31FN2O2S. The van der Waals surface area contributed by atoms with Gasteiger partial charge < -0.3 is 9.80 Å². The van der Waals surface area contributed by atoms with Crippen molar-refractivity contribution in [2.24, 2.45) is 5.92 Å². The molecule has 3 rings (SSSR count). The highest BCUT2D eigenvalue weighted by Crippen LogP contribution is 2.20. The highest BCUT2D eigenvalue weighted by Gasteiger charge is 2.22. The molecule has 2 aromatic carbocycles. The van der Waals surface area contributed by atoms with Gasteiger partial charge in [0.25, 0.3) is 0 Å². The molecule has 0 atom stereocenters. The number of hydrogen-bond acceptors (Lipinski definition) is 3. The summed E-state index contributed by atoms with van der Waals surface area (Å²) in [7, 11) is 0. The van der Waals surface area contributed by atoms with Crippen LogP contribution in [0.15, 0.2) is 72.1 Å². The zero-order chi connectivity index (χ0) is 24.5. The van der Waals surface area contributed by atoms with Crippen LogP contribution in [0, 0.1) is 18.7 Å². The topological polar surface area (TPSA) is 40.6 Å². The van der Waals surface area contributed by atoms with Crippen LogP contribution in [0.2, 0.25) is 0 Å². The zero-order valence-electron chi connectivity index (χ0n) is 19.9. The van der Waals surface area contributed by atoms with Crippen LogP contribution in [0.3, 0.4) is 0 Å². The highest BCUT2D eigenvalue weighted by atomic mass is 32.1. The number of carbonyl (C=O) groups is 2. The van der Waals surface area contributed by atoms with Crippen LogP contribution < -0.4 is 0 Å². The molecule has 0 saturated heterocycles. The van der Waals surface area contributed by atoms with Crippen LogP contribution in [0.1, 0.15) is 35.4 Å². The first-order chi connectivity index (χ1) is 16.3. The predicted octanol–water partition coefficient (Wildman–Crippen LogP) is 5.92. The van der Waals surface area contributed by atoms with Gasteiger partial charge in [-0.15, -0.1) is 11.3 Å². The molecule has 0 radical (unpaired) electrons. The average molecular weight is 479 g/mol. The number of hydrogen-bond donors (Lipinski definition) is 0. The van der Waals surface area contributed by atoms with Gasteiger partial charge in [0.05, 0.1) is 6.54 Å². The molecule has 0 aliphatic heterocycles. The van der Waals surface area contributed by atoms with Crippen LogP contribution in [0.25, 0.3) is 6.08 Å². The second-order valence-electron chi connectivity index (χ2n) is 8.76. The highest BCUT2D eigenvalue weighted by molar-refractivity contribution is 7.10. The molecule has 1 heterocycles. The predicted molar refractivity (Wildman–Crippen MR) is 137 cm³/mol. The van der Waals surface area contributed by atoms with Crippen molar-refractivity contribution >= 4 is 29.2 Å². The van der Waals surface area contributed by atoms with E-state index in [0.717, 1.165) is 21.6 Å². The zero-order valence-corrected chi connectivity index (χ0v) is 20.7. The third-order valence-corrected chi connectivity index (χ3v) is 6.39. The van der Waals surface area contributed by atoms with Crippen molar-refractivity contribution in [1.82, 2.24) is 9.80 Å². The van der Waals surface area contributed by atoms with Gasteiger partial charge in [-0.3, -0.25) is 9.59 Å². The Morgan fingerprint density at radius 3 is 2.29 bits per heavy atom. The molecule has 0 spiro atoms. The number of halogens is 1. The van der Waals surface area contributed by atoms with Gasteiger partial charge in [-0.25, -0.2) is 4.39 Å². The van der Waals surface area contributed by atoms with Crippen LogP contribution in [-0.2, 0) is 22.7 Å². The Morgan fingerprint density at radius 2 is 1.68 bits per heavy atom. The van der Waals surface area contributed by atoms with E-state index in [1.165, 1.54) is 18.2 Å². The van der Waals surface area contributed by atoms with Gasteiger partial charge in [0, 0.05) is 24.0 Å². The van der Waals surface area contributed by atoms with Gasteiger partial charge in [-0.05, 0) is 59.2 Å². The number of rotatable bonds is 10. The Hall–Kier alpha value is -3.25. The van der Waals surface area contributed by atoms with E-state index in [1.54, 1.807) is 39.3 Å². The Morgan fingerprint density at radius 1 is 0.971 bits per heavy atom. The molecule has 34 heavy (non-hydrogen) atoms. The van der Waals surface area contributed by atoms with Crippen molar-refractivity contribution in [1.29, 1.82) is 0 Å². The molecule has 0 bridgehead atoms. The Balaban J connectivity index is 1.78. The van der Waals surface area contributed by atoms with Gasteiger partial charge in [-0.2, -0.15) is 0 Å². The lowest BCUT2D eigenvalue weighted by Gasteiger charge is -2.28. The molecule has 0 unspecified atom stereocenters. The Bertz CT molecular complexity index is 1110. The first-order valence-electron chi connectivity index (χ1n) is 11.4. The smallest absolute Gasteiger partial charge is 0.247 e. The largest absolute Gasteiger partial charge is 0.332 e. The van der Waals surface area contributed by atoms with Crippen LogP contribution in [-0.4, -0.2) is 34.7 Å². The number of thiophene rings is 1. The molecule has 0 N–H and O–H groups in total. The molecule has 0 fully saturated rings. The van der Waals surface area contributed by atoms with Gasteiger partial charge in [0.15, 0.2) is 0 Å². The molecule has 0 saturated carbocycles. The molecule has 178 valence electrons. The summed E-state index contributed by atoms with van der Waals surface area (Å²) in [5.41, 5.74) is 2.90. The van der Waals surface area contributed by atoms with Gasteiger partial charge in [0.1, 0.15) is 12.4 Å². The lowest BCUT2D eigenvalue weighted by molar-refractivity contribution is -0.139. The fraction of sp³-hybridized carbons (Fsp3) is 0.286. The van der Waals surface area contributed by atoms with Crippen molar-refractivity contribution in [3.8, 4) is 0 Å². The van der Waals surface area contributed by atoms with E-state index < -0.39 is 0 Å². The summed E-state index contributed by atoms with van der Waals surface area (Å²) in [4.78, 5) is 30.9. The third-order valence-electron chi connectivity index (χ3n) is 5.38. The lowest BCUT2D eigenvalue weighted by atomic mass is 10.1. The molecule has 6 heteroatoms. The maximum Gasteiger partial charge on any atom is 0.247 e. The summed E-state index contributed by atoms with van der Waals surface area (Å²) in [5, 5.41) is 2.01. The number of nitrogens with zero attached hydrogens (tertiary/aromatic N) is 2. The quantitative estimate of drug-likeness (QED) is 0.339. The number of aryl methyl sites for hydroxylation is 1. The summed E-state index contributed by atoms with van der Waals surface area (Å²) in [6.45, 7) is 7.33. The first-order valence-corrected chi connectivity index (χ1v) is 12.3. The van der Waals surface area contributed by atoms with Crippen LogP contribution >= 0.6 is 11.3 Å². The van der Waals surface area contributed by atoms with E-state index in [-0.39, 0.29) is 30.1 Å². The van der Waals surface area contributed by atoms with E-state index in [2.05, 4.69) is 0 Å². The monoisotopic (exact) mass is 478 g/mol. The molecule has 0 aliphatic carbocycles. The van der Waals surface area contributed by atoms with Crippen LogP contribution in [0.4, 0.5) is 4.39 Å². The van der Waals surface area contributed by atoms with Crippen molar-refractivity contribution < 1.29 is 14.0 Å². The van der Waals surface area contributed by atoms with E-state index in [0.29, 0.717) is 19.6 Å². The molecule has 4 nitrogen and oxygen atoms in total. The normalized spacial score (nSPS) is 11.2. The lowest BCUT2D eigenvalue weighted by Crippen LogP contribution is -2.43. The minimum Gasteiger partial charge on any atom is -0.332 e. The van der Waals surface area contributed by atoms with E-state index >= 15 is 0 Å². The van der Waals surface area contributed by atoms with Gasteiger partial charge >= 0.3 is 0 Å². The van der Waals surface area contributed by atoms with Crippen molar-refractivity contribution in [2.75, 3.05) is 13.1 Å². The summed E-state index contributed by atoms with van der Waals surface area (Å²) in [6.07, 6.45) is 3.30. The van der Waals surface area contributed by atoms with Gasteiger partial charge in [-0.1, -0.05) is 56.3 Å². The summed E-state index contributed by atoms with van der Waals surface area (Å²) >= 11 is 1.60. The molecular weight excluding hydrogens is 447 g/mol. The summed E-state index contributed by atoms with van der Waals surface area (Å²) in [6, 6.07) is 17.8. The maximum absolute atomic E-state index is 13.5. The summed E-state index contributed by atoms with van der Waals surface area (Å²) < 4.78 is 13.4. The van der Waals surface area contributed by atoms with Crippen molar-refractivity contribution in [2.45, 2.75) is 33.9 Å². The average Bonchev–Trinajstić information content (AvgIpc) is 3.22. The molecule has 2 amide bonds. The Labute approximate surface area is 205 Å². The second-order valence-corrected chi connectivity index (χ2v) is 9.76. The SMILES string of the molecule is Cc1ccsc1CN(Cc1ccc(F)cc1)C(=O)CN(CC(C)C)C(=O)C=Cc1ccccc1. The number of amides is 2. The summed E-state index contributed by atoms with van der Waals surface area (Å²) in [5.74, 6) is -0.430. The van der Waals surface area contributed by atoms with E-state index in [1.807, 2.05) is 62.5 Å². The minimum atomic E-state index is -0.311. The fourth-order valence-corrected chi connectivity index (χ4v) is 4.48. The molecule has 1 aromatic heterocycles. The maximum atomic E-state index is 13.5. The first kappa shape index (κ1) is 25.4. The number of benzene rings is 2. The van der Waals surface area contributed by atoms with Crippen LogP contribution in [0.5, 0.6) is 0 Å². The fourth-order valence-electron chi connectivity index (χ4n) is 3.56. The van der Waals surface area contributed by atoms with Gasteiger partial charge in [0.2, 0.25) is 11.8 Å². The molecule has 0 aliphatic rings. The Kier molecular flexibility index (Phi) is 9.16. The van der Waals surface area contributed by atoms with Crippen molar-refractivity contribution in [3.63, 3.8) is 0 Å². The van der Waals surface area contributed by atoms with E-state index in [4.69, 9.17) is 0 Å². The standard InChI is InChI=1S/C28H31FN2O2S/c1-21(2)17-30(27(32)14-11-23-7-5-4-6-8-23)20-28(33)31(19-26-22(3)15-16-34-26)18-24-9-12-25(29)13-10-24/h4-16,21H,17-20H2,1-3H3. The van der Waals surface area contributed by atoms with E-state index in [9.17, 15) is 14.0 Å². The second kappa shape index (κ2) is 12.3. The third kappa shape index (κ3) is 7.66. The molecule has 3 aromatic rings. The minimum absolute atomic E-state index is 0.0121. The van der Waals surface area contributed by atoms with Crippen molar-refractivity contribution in [3.05, 3.63) is 99.5 Å².